The molecule has 7 nitrogen and oxygen atoms in total. The molecule has 1 aromatic carbocycles. The summed E-state index contributed by atoms with van der Waals surface area (Å²) < 4.78 is 30.2. The number of fused-ring (bicyclic) bond motifs is 2. The highest BCUT2D eigenvalue weighted by Gasteiger charge is 2.34. The lowest BCUT2D eigenvalue weighted by Crippen LogP contribution is -2.56. The molecule has 3 N–H and O–H groups in total. The third-order valence-electron chi connectivity index (χ3n) is 7.18. The highest BCUT2D eigenvalue weighted by atomic mass is 32.2. The number of nitrogens with one attached hydrogen (secondary N) is 1. The van der Waals surface area contributed by atoms with Gasteiger partial charge in [-0.2, -0.15) is 4.31 Å². The number of hydrogen-bond donors (Lipinski definition) is 2. The van der Waals surface area contributed by atoms with Crippen molar-refractivity contribution < 1.29 is 8.42 Å². The zero-order chi connectivity index (χ0) is 24.3. The minimum Gasteiger partial charge on any atom is -0.330 e. The Morgan fingerprint density at radius 3 is 2.94 bits per heavy atom. The summed E-state index contributed by atoms with van der Waals surface area (Å²) in [6.07, 6.45) is 7.24. The highest BCUT2D eigenvalue weighted by molar-refractivity contribution is 7.91. The van der Waals surface area contributed by atoms with E-state index in [1.54, 1.807) is 4.31 Å². The Bertz CT molecular complexity index is 1210. The third kappa shape index (κ3) is 5.45. The molecule has 2 aliphatic rings. The standard InChI is InChI=1S/C26H35N5O2S2/c27-12-3-4-15-30(23-10-5-8-20-9-6-13-29-26(20)23)18-22-19-31(16-14-28-22)35(32,33)25-17-21-7-1-2-11-24(21)34-25/h1-2,6-7,9,11,13,17,22-23,28H,3-5,8,10,12,14-16,18-19,27H2/t22-,23-/m0/s1. The molecule has 35 heavy (non-hydrogen) atoms. The summed E-state index contributed by atoms with van der Waals surface area (Å²) in [4.78, 5) is 7.29. The van der Waals surface area contributed by atoms with Crippen molar-refractivity contribution in [3.63, 3.8) is 0 Å². The summed E-state index contributed by atoms with van der Waals surface area (Å²) in [6.45, 7) is 4.06. The quantitative estimate of drug-likeness (QED) is 0.426. The molecule has 5 rings (SSSR count). The van der Waals surface area contributed by atoms with E-state index in [-0.39, 0.29) is 12.1 Å². The van der Waals surface area contributed by atoms with E-state index in [4.69, 9.17) is 10.7 Å². The average molecular weight is 514 g/mol. The van der Waals surface area contributed by atoms with Gasteiger partial charge in [-0.1, -0.05) is 24.3 Å². The van der Waals surface area contributed by atoms with Crippen LogP contribution in [0.3, 0.4) is 0 Å². The fourth-order valence-corrected chi connectivity index (χ4v) is 8.44. The Morgan fingerprint density at radius 2 is 2.09 bits per heavy atom. The van der Waals surface area contributed by atoms with E-state index in [1.807, 2.05) is 42.6 Å². The van der Waals surface area contributed by atoms with Crippen molar-refractivity contribution in [3.05, 3.63) is 59.9 Å². The molecule has 0 radical (unpaired) electrons. The molecule has 3 heterocycles. The SMILES string of the molecule is NCCCCN(C[C@H]1CN(S(=O)(=O)c2cc3ccccc3s2)CCN1)[C@H]1CCCc2cccnc21. The molecule has 1 fully saturated rings. The number of nitrogens with two attached hydrogens (primary N) is 1. The van der Waals surface area contributed by atoms with Crippen LogP contribution < -0.4 is 11.1 Å². The lowest BCUT2D eigenvalue weighted by molar-refractivity contribution is 0.138. The Hall–Kier alpha value is -1.88. The number of nitrogens with zero attached hydrogens (tertiary/aromatic N) is 3. The summed E-state index contributed by atoms with van der Waals surface area (Å²) in [5, 5.41) is 4.58. The lowest BCUT2D eigenvalue weighted by Gasteiger charge is -2.40. The maximum Gasteiger partial charge on any atom is 0.252 e. The van der Waals surface area contributed by atoms with Crippen molar-refractivity contribution in [2.24, 2.45) is 5.73 Å². The molecule has 1 saturated heterocycles. The van der Waals surface area contributed by atoms with Crippen molar-refractivity contribution in [3.8, 4) is 0 Å². The number of benzene rings is 1. The molecule has 0 unspecified atom stereocenters. The number of pyridine rings is 1. The second-order valence-electron chi connectivity index (χ2n) is 9.56. The van der Waals surface area contributed by atoms with Gasteiger partial charge >= 0.3 is 0 Å². The second-order valence-corrected chi connectivity index (χ2v) is 12.8. The fraction of sp³-hybridized carbons (Fsp3) is 0.500. The maximum atomic E-state index is 13.5. The topological polar surface area (TPSA) is 91.6 Å². The number of unbranched alkanes of at least 4 members (excludes halogenated alkanes) is 1. The van der Waals surface area contributed by atoms with E-state index in [0.29, 0.717) is 30.4 Å². The summed E-state index contributed by atoms with van der Waals surface area (Å²) in [5.41, 5.74) is 8.32. The van der Waals surface area contributed by atoms with Crippen molar-refractivity contribution in [1.29, 1.82) is 0 Å². The van der Waals surface area contributed by atoms with Gasteiger partial charge in [-0.3, -0.25) is 9.88 Å². The predicted octanol–water partition coefficient (Wildman–Crippen LogP) is 3.38. The number of rotatable bonds is 9. The van der Waals surface area contributed by atoms with Crippen molar-refractivity contribution in [2.45, 2.75) is 48.4 Å². The minimum absolute atomic E-state index is 0.0693. The Labute approximate surface area is 212 Å². The summed E-state index contributed by atoms with van der Waals surface area (Å²) >= 11 is 1.36. The van der Waals surface area contributed by atoms with E-state index in [1.165, 1.54) is 22.6 Å². The maximum absolute atomic E-state index is 13.5. The summed E-state index contributed by atoms with van der Waals surface area (Å²) in [7, 11) is -3.52. The number of aromatic nitrogens is 1. The molecule has 0 amide bonds. The second kappa shape index (κ2) is 11.0. The smallest absolute Gasteiger partial charge is 0.252 e. The first-order valence-corrected chi connectivity index (χ1v) is 14.9. The first-order chi connectivity index (χ1) is 17.1. The van der Waals surface area contributed by atoms with Gasteiger partial charge in [-0.05, 0) is 74.3 Å². The van der Waals surface area contributed by atoms with Gasteiger partial charge in [0.1, 0.15) is 4.21 Å². The van der Waals surface area contributed by atoms with Gasteiger partial charge in [-0.25, -0.2) is 8.42 Å². The molecule has 9 heteroatoms. The van der Waals surface area contributed by atoms with Crippen LogP contribution in [-0.4, -0.2) is 67.9 Å². The van der Waals surface area contributed by atoms with E-state index in [2.05, 4.69) is 16.3 Å². The molecular formula is C26H35N5O2S2. The van der Waals surface area contributed by atoms with Gasteiger partial charge in [-0.15, -0.1) is 11.3 Å². The van der Waals surface area contributed by atoms with Gasteiger partial charge in [0.05, 0.1) is 11.7 Å². The molecule has 0 saturated carbocycles. The van der Waals surface area contributed by atoms with Crippen LogP contribution >= 0.6 is 11.3 Å². The molecule has 2 aromatic heterocycles. The molecule has 3 aromatic rings. The average Bonchev–Trinajstić information content (AvgIpc) is 3.34. The molecular weight excluding hydrogens is 478 g/mol. The van der Waals surface area contributed by atoms with Crippen LogP contribution in [0.5, 0.6) is 0 Å². The first-order valence-electron chi connectivity index (χ1n) is 12.7. The molecule has 1 aliphatic carbocycles. The van der Waals surface area contributed by atoms with Crippen LogP contribution in [0.2, 0.25) is 0 Å². The van der Waals surface area contributed by atoms with Crippen LogP contribution in [-0.2, 0) is 16.4 Å². The van der Waals surface area contributed by atoms with E-state index < -0.39 is 10.0 Å². The monoisotopic (exact) mass is 513 g/mol. The first kappa shape index (κ1) is 24.8. The summed E-state index contributed by atoms with van der Waals surface area (Å²) in [6, 6.07) is 14.2. The van der Waals surface area contributed by atoms with Gasteiger partial charge in [0, 0.05) is 43.1 Å². The van der Waals surface area contributed by atoms with Crippen LogP contribution in [0, 0.1) is 0 Å². The molecule has 188 valence electrons. The minimum atomic E-state index is -3.52. The van der Waals surface area contributed by atoms with Crippen LogP contribution in [0.4, 0.5) is 0 Å². The van der Waals surface area contributed by atoms with Crippen molar-refractivity contribution in [1.82, 2.24) is 19.5 Å². The van der Waals surface area contributed by atoms with E-state index in [9.17, 15) is 8.42 Å². The highest BCUT2D eigenvalue weighted by Crippen LogP contribution is 2.34. The van der Waals surface area contributed by atoms with Crippen molar-refractivity contribution in [2.75, 3.05) is 39.3 Å². The van der Waals surface area contributed by atoms with Gasteiger partial charge in [0.25, 0.3) is 10.0 Å². The van der Waals surface area contributed by atoms with Crippen LogP contribution in [0.15, 0.2) is 52.9 Å². The lowest BCUT2D eigenvalue weighted by atomic mass is 9.90. The zero-order valence-corrected chi connectivity index (χ0v) is 21.7. The third-order valence-corrected chi connectivity index (χ3v) is 10.6. The Morgan fingerprint density at radius 1 is 1.20 bits per heavy atom. The van der Waals surface area contributed by atoms with E-state index in [0.717, 1.165) is 55.3 Å². The predicted molar refractivity (Wildman–Crippen MR) is 142 cm³/mol. The van der Waals surface area contributed by atoms with Crippen LogP contribution in [0.25, 0.3) is 10.1 Å². The summed E-state index contributed by atoms with van der Waals surface area (Å²) in [5.74, 6) is 0. The number of hydrogen-bond acceptors (Lipinski definition) is 7. The number of sulfonamides is 1. The largest absolute Gasteiger partial charge is 0.330 e. The van der Waals surface area contributed by atoms with Crippen molar-refractivity contribution >= 4 is 31.4 Å². The molecule has 2 atom stereocenters. The van der Waals surface area contributed by atoms with Gasteiger partial charge in [0.2, 0.25) is 0 Å². The molecule has 0 bridgehead atoms. The molecule has 1 aliphatic heterocycles. The van der Waals surface area contributed by atoms with Gasteiger partial charge in [0.15, 0.2) is 0 Å². The van der Waals surface area contributed by atoms with E-state index >= 15 is 0 Å². The normalized spacial score (nSPS) is 21.4. The molecule has 0 spiro atoms. The number of thiophene rings is 1. The Kier molecular flexibility index (Phi) is 7.81. The number of aryl methyl sites for hydroxylation is 1. The zero-order valence-electron chi connectivity index (χ0n) is 20.1. The van der Waals surface area contributed by atoms with Gasteiger partial charge < -0.3 is 11.1 Å². The van der Waals surface area contributed by atoms with Crippen LogP contribution in [0.1, 0.15) is 43.0 Å². The number of piperazine rings is 1. The Balaban J connectivity index is 1.33. The fourth-order valence-electron chi connectivity index (χ4n) is 5.40.